The Bertz CT molecular complexity index is 841. The Hall–Kier alpha value is -1.78. The molecule has 150 valence electrons. The Morgan fingerprint density at radius 1 is 1.22 bits per heavy atom. The monoisotopic (exact) mass is 414 g/mol. The summed E-state index contributed by atoms with van der Waals surface area (Å²) in [5.74, 6) is 0.970. The van der Waals surface area contributed by atoms with Crippen LogP contribution in [-0.4, -0.2) is 41.9 Å². The van der Waals surface area contributed by atoms with E-state index < -0.39 is 10.0 Å². The predicted octanol–water partition coefficient (Wildman–Crippen LogP) is 2.36. The minimum atomic E-state index is -3.46. The van der Waals surface area contributed by atoms with Crippen molar-refractivity contribution in [2.75, 3.05) is 13.1 Å². The van der Waals surface area contributed by atoms with Crippen LogP contribution in [0, 0.1) is 0 Å². The number of aryl methyl sites for hydroxylation is 2. The van der Waals surface area contributed by atoms with Crippen molar-refractivity contribution in [1.82, 2.24) is 19.8 Å². The summed E-state index contributed by atoms with van der Waals surface area (Å²) in [7, 11) is -3.46. The molecule has 0 spiro atoms. The first-order valence-corrected chi connectivity index (χ1v) is 11.3. The Kier molecular flexibility index (Phi) is 7.93. The summed E-state index contributed by atoms with van der Waals surface area (Å²) in [5, 5.41) is 6.65. The van der Waals surface area contributed by atoms with Crippen LogP contribution in [0.4, 0.5) is 0 Å². The molecule has 2 aromatic rings. The lowest BCUT2D eigenvalue weighted by atomic mass is 10.3. The Morgan fingerprint density at radius 2 is 1.96 bits per heavy atom. The smallest absolute Gasteiger partial charge is 0.252 e. The van der Waals surface area contributed by atoms with Crippen LogP contribution < -0.4 is 5.32 Å². The van der Waals surface area contributed by atoms with Crippen molar-refractivity contribution < 1.29 is 17.7 Å². The second-order valence-corrected chi connectivity index (χ2v) is 9.27. The molecular weight excluding hydrogens is 388 g/mol. The first kappa shape index (κ1) is 21.5. The lowest BCUT2D eigenvalue weighted by molar-refractivity contribution is -0.121. The molecule has 10 heteroatoms. The normalized spacial score (nSPS) is 11.9. The van der Waals surface area contributed by atoms with E-state index in [2.05, 4.69) is 15.5 Å². The quantitative estimate of drug-likeness (QED) is 0.605. The summed E-state index contributed by atoms with van der Waals surface area (Å²) in [4.78, 5) is 17.0. The zero-order valence-electron chi connectivity index (χ0n) is 15.9. The van der Waals surface area contributed by atoms with Gasteiger partial charge in [0, 0.05) is 37.2 Å². The van der Waals surface area contributed by atoms with Crippen molar-refractivity contribution in [3.63, 3.8) is 0 Å². The van der Waals surface area contributed by atoms with Crippen molar-refractivity contribution in [3.8, 4) is 0 Å². The van der Waals surface area contributed by atoms with Gasteiger partial charge in [-0.3, -0.25) is 4.79 Å². The minimum Gasteiger partial charge on any atom is -0.351 e. The van der Waals surface area contributed by atoms with Crippen molar-refractivity contribution in [2.24, 2.45) is 0 Å². The SMILES string of the molecule is CCCc1noc(CCC(=O)NCc2ccc(S(=O)(=O)N(CC)CC)s2)n1. The van der Waals surface area contributed by atoms with Gasteiger partial charge in [-0.05, 0) is 18.6 Å². The number of nitrogens with zero attached hydrogens (tertiary/aromatic N) is 3. The van der Waals surface area contributed by atoms with Crippen molar-refractivity contribution >= 4 is 27.3 Å². The average molecular weight is 415 g/mol. The highest BCUT2D eigenvalue weighted by Crippen LogP contribution is 2.24. The molecule has 2 rings (SSSR count). The number of carbonyl (C=O) groups excluding carboxylic acids is 1. The summed E-state index contributed by atoms with van der Waals surface area (Å²) >= 11 is 1.18. The fourth-order valence-corrected chi connectivity index (χ4v) is 5.40. The molecule has 0 bridgehead atoms. The van der Waals surface area contributed by atoms with E-state index in [9.17, 15) is 13.2 Å². The summed E-state index contributed by atoms with van der Waals surface area (Å²) in [5.41, 5.74) is 0. The summed E-state index contributed by atoms with van der Waals surface area (Å²) in [6.45, 7) is 6.81. The molecule has 0 saturated carbocycles. The molecule has 8 nitrogen and oxygen atoms in total. The number of hydrogen-bond acceptors (Lipinski definition) is 7. The van der Waals surface area contributed by atoms with Crippen LogP contribution in [-0.2, 0) is 34.2 Å². The highest BCUT2D eigenvalue weighted by molar-refractivity contribution is 7.91. The highest BCUT2D eigenvalue weighted by atomic mass is 32.2. The Labute approximate surface area is 164 Å². The molecule has 2 aromatic heterocycles. The van der Waals surface area contributed by atoms with Gasteiger partial charge in [0.25, 0.3) is 10.0 Å². The van der Waals surface area contributed by atoms with Gasteiger partial charge in [-0.15, -0.1) is 11.3 Å². The molecule has 0 fully saturated rings. The van der Waals surface area contributed by atoms with Gasteiger partial charge in [-0.1, -0.05) is 25.9 Å². The largest absolute Gasteiger partial charge is 0.351 e. The number of rotatable bonds is 11. The number of hydrogen-bond donors (Lipinski definition) is 1. The summed E-state index contributed by atoms with van der Waals surface area (Å²) in [6, 6.07) is 3.32. The van der Waals surface area contributed by atoms with E-state index in [1.807, 2.05) is 20.8 Å². The number of sulfonamides is 1. The molecule has 0 aliphatic rings. The second kappa shape index (κ2) is 9.95. The first-order valence-electron chi connectivity index (χ1n) is 9.07. The van der Waals surface area contributed by atoms with E-state index in [4.69, 9.17) is 4.52 Å². The molecule has 1 amide bonds. The topological polar surface area (TPSA) is 105 Å². The van der Waals surface area contributed by atoms with Gasteiger partial charge in [-0.2, -0.15) is 9.29 Å². The number of aromatic nitrogens is 2. The van der Waals surface area contributed by atoms with Crippen LogP contribution in [0.5, 0.6) is 0 Å². The standard InChI is InChI=1S/C17H26N4O4S2/c1-4-7-14-19-16(25-20-14)10-9-15(22)18-12-13-8-11-17(26-13)27(23,24)21(5-2)6-3/h8,11H,4-7,9-10,12H2,1-3H3,(H,18,22). The third kappa shape index (κ3) is 5.85. The van der Waals surface area contributed by atoms with Gasteiger partial charge in [0.05, 0.1) is 6.54 Å². The zero-order chi connectivity index (χ0) is 19.9. The van der Waals surface area contributed by atoms with E-state index >= 15 is 0 Å². The fourth-order valence-electron chi connectivity index (χ4n) is 2.49. The van der Waals surface area contributed by atoms with Gasteiger partial charge in [0.15, 0.2) is 5.82 Å². The van der Waals surface area contributed by atoms with E-state index in [0.717, 1.165) is 17.7 Å². The molecule has 0 unspecified atom stereocenters. The molecule has 0 aliphatic carbocycles. The Morgan fingerprint density at radius 3 is 2.63 bits per heavy atom. The van der Waals surface area contributed by atoms with E-state index in [1.54, 1.807) is 12.1 Å². The average Bonchev–Trinajstić information content (AvgIpc) is 3.29. The molecule has 0 aromatic carbocycles. The van der Waals surface area contributed by atoms with Crippen LogP contribution in [0.25, 0.3) is 0 Å². The molecule has 1 N–H and O–H groups in total. The van der Waals surface area contributed by atoms with Crippen LogP contribution in [0.3, 0.4) is 0 Å². The number of amides is 1. The van der Waals surface area contributed by atoms with Gasteiger partial charge >= 0.3 is 0 Å². The van der Waals surface area contributed by atoms with Crippen LogP contribution in [0.1, 0.15) is 50.2 Å². The minimum absolute atomic E-state index is 0.146. The van der Waals surface area contributed by atoms with Crippen molar-refractivity contribution in [1.29, 1.82) is 0 Å². The highest BCUT2D eigenvalue weighted by Gasteiger charge is 2.23. The van der Waals surface area contributed by atoms with E-state index in [-0.39, 0.29) is 12.3 Å². The lowest BCUT2D eigenvalue weighted by Gasteiger charge is -2.16. The number of carbonyl (C=O) groups is 1. The maximum Gasteiger partial charge on any atom is 0.252 e. The van der Waals surface area contributed by atoms with Crippen LogP contribution in [0.15, 0.2) is 20.9 Å². The Balaban J connectivity index is 1.84. The zero-order valence-corrected chi connectivity index (χ0v) is 17.5. The summed E-state index contributed by atoms with van der Waals surface area (Å²) < 4.78 is 31.8. The third-order valence-electron chi connectivity index (χ3n) is 3.95. The number of nitrogens with one attached hydrogen (secondary N) is 1. The molecule has 0 radical (unpaired) electrons. The molecule has 27 heavy (non-hydrogen) atoms. The molecule has 0 aliphatic heterocycles. The van der Waals surface area contributed by atoms with E-state index in [0.29, 0.717) is 42.0 Å². The van der Waals surface area contributed by atoms with Crippen molar-refractivity contribution in [3.05, 3.63) is 28.7 Å². The van der Waals surface area contributed by atoms with E-state index in [1.165, 1.54) is 15.6 Å². The molecule has 0 saturated heterocycles. The molecular formula is C17H26N4O4S2. The van der Waals surface area contributed by atoms with Crippen LogP contribution >= 0.6 is 11.3 Å². The van der Waals surface area contributed by atoms with Gasteiger partial charge in [-0.25, -0.2) is 8.42 Å². The third-order valence-corrected chi connectivity index (χ3v) is 7.55. The predicted molar refractivity (Wildman–Crippen MR) is 103 cm³/mol. The van der Waals surface area contributed by atoms with Crippen molar-refractivity contribution in [2.45, 2.75) is 57.2 Å². The second-order valence-electron chi connectivity index (χ2n) is 5.94. The lowest BCUT2D eigenvalue weighted by Crippen LogP contribution is -2.30. The first-order chi connectivity index (χ1) is 12.9. The maximum atomic E-state index is 12.5. The fraction of sp³-hybridized carbons (Fsp3) is 0.588. The van der Waals surface area contributed by atoms with Crippen LogP contribution in [0.2, 0.25) is 0 Å². The summed E-state index contributed by atoms with van der Waals surface area (Å²) in [6.07, 6.45) is 2.32. The van der Waals surface area contributed by atoms with Gasteiger partial charge in [0.1, 0.15) is 4.21 Å². The number of thiophene rings is 1. The molecule has 2 heterocycles. The van der Waals surface area contributed by atoms with Gasteiger partial charge in [0.2, 0.25) is 11.8 Å². The van der Waals surface area contributed by atoms with Gasteiger partial charge < -0.3 is 9.84 Å². The molecule has 0 atom stereocenters. The maximum absolute atomic E-state index is 12.5.